The molecule has 1 aromatic carbocycles. The fourth-order valence-corrected chi connectivity index (χ4v) is 2.82. The summed E-state index contributed by atoms with van der Waals surface area (Å²) >= 11 is 5.96. The molecular weight excluding hydrogens is 290 g/mol. The van der Waals surface area contributed by atoms with Crippen LogP contribution in [0.15, 0.2) is 18.2 Å². The molecule has 21 heavy (non-hydrogen) atoms. The van der Waals surface area contributed by atoms with Gasteiger partial charge in [-0.3, -0.25) is 9.69 Å². The minimum atomic E-state index is -0.0714. The molecule has 1 saturated heterocycles. The molecule has 1 amide bonds. The molecule has 0 spiro atoms. The normalized spacial score (nSPS) is 22.9. The number of benzene rings is 1. The fraction of sp³-hybridized carbons (Fsp3) is 0.533. The van der Waals surface area contributed by atoms with E-state index < -0.39 is 0 Å². The lowest BCUT2D eigenvalue weighted by molar-refractivity contribution is -0.118. The van der Waals surface area contributed by atoms with Crippen molar-refractivity contribution >= 4 is 23.2 Å². The zero-order chi connectivity index (χ0) is 15.4. The first-order valence-corrected chi connectivity index (χ1v) is 7.50. The van der Waals surface area contributed by atoms with Crippen molar-refractivity contribution in [2.45, 2.75) is 31.8 Å². The molecule has 5 nitrogen and oxygen atoms in total. The van der Waals surface area contributed by atoms with Crippen molar-refractivity contribution in [1.29, 1.82) is 0 Å². The Morgan fingerprint density at radius 3 is 3.00 bits per heavy atom. The average Bonchev–Trinajstić information content (AvgIpc) is 2.42. The van der Waals surface area contributed by atoms with Crippen molar-refractivity contribution in [3.63, 3.8) is 0 Å². The third-order valence-corrected chi connectivity index (χ3v) is 4.07. The Bertz CT molecular complexity index is 510. The number of carbonyl (C=O) groups is 1. The lowest BCUT2D eigenvalue weighted by Gasteiger charge is -2.35. The Hall–Kier alpha value is -1.30. The summed E-state index contributed by atoms with van der Waals surface area (Å²) in [5.74, 6) is 0.527. The molecule has 1 heterocycles. The molecule has 0 aliphatic carbocycles. The van der Waals surface area contributed by atoms with Crippen molar-refractivity contribution in [3.8, 4) is 5.75 Å². The van der Waals surface area contributed by atoms with Crippen molar-refractivity contribution in [1.82, 2.24) is 4.90 Å². The van der Waals surface area contributed by atoms with Gasteiger partial charge >= 0.3 is 0 Å². The van der Waals surface area contributed by atoms with Crippen LogP contribution in [0.4, 0.5) is 5.69 Å². The first-order valence-electron chi connectivity index (χ1n) is 7.12. The van der Waals surface area contributed by atoms with Crippen molar-refractivity contribution in [2.75, 3.05) is 25.5 Å². The number of hydrogen-bond donors (Lipinski definition) is 2. The summed E-state index contributed by atoms with van der Waals surface area (Å²) in [5, 5.41) is 3.42. The molecule has 0 bridgehead atoms. The van der Waals surface area contributed by atoms with Gasteiger partial charge < -0.3 is 15.8 Å². The zero-order valence-electron chi connectivity index (χ0n) is 12.4. The van der Waals surface area contributed by atoms with Crippen molar-refractivity contribution in [3.05, 3.63) is 23.2 Å². The molecule has 2 rings (SSSR count). The highest BCUT2D eigenvalue weighted by Gasteiger charge is 2.24. The van der Waals surface area contributed by atoms with Crippen molar-refractivity contribution in [2.24, 2.45) is 5.73 Å². The molecule has 116 valence electrons. The van der Waals surface area contributed by atoms with Gasteiger partial charge in [-0.05, 0) is 38.0 Å². The number of hydrogen-bond acceptors (Lipinski definition) is 4. The van der Waals surface area contributed by atoms with Gasteiger partial charge in [0, 0.05) is 23.7 Å². The molecule has 0 saturated carbocycles. The Morgan fingerprint density at radius 1 is 1.57 bits per heavy atom. The molecule has 6 heteroatoms. The molecule has 2 atom stereocenters. The maximum atomic E-state index is 12.2. The van der Waals surface area contributed by atoms with E-state index in [-0.39, 0.29) is 11.9 Å². The molecule has 1 aromatic rings. The number of anilines is 1. The van der Waals surface area contributed by atoms with Crippen LogP contribution < -0.4 is 15.8 Å². The van der Waals surface area contributed by atoms with Crippen LogP contribution in [0.3, 0.4) is 0 Å². The van der Waals surface area contributed by atoms with E-state index in [1.54, 1.807) is 25.3 Å². The Kier molecular flexibility index (Phi) is 5.45. The summed E-state index contributed by atoms with van der Waals surface area (Å²) in [4.78, 5) is 14.4. The number of likely N-dealkylation sites (tertiary alicyclic amines) is 1. The van der Waals surface area contributed by atoms with Crippen LogP contribution in [0.1, 0.15) is 19.8 Å². The topological polar surface area (TPSA) is 67.6 Å². The van der Waals surface area contributed by atoms with Gasteiger partial charge in [-0.15, -0.1) is 0 Å². The monoisotopic (exact) mass is 311 g/mol. The van der Waals surface area contributed by atoms with Crippen LogP contribution in [0.5, 0.6) is 5.75 Å². The average molecular weight is 312 g/mol. The molecule has 0 radical (unpaired) electrons. The number of amides is 1. The predicted molar refractivity (Wildman–Crippen MR) is 84.9 cm³/mol. The molecule has 1 aliphatic heterocycles. The van der Waals surface area contributed by atoms with E-state index in [9.17, 15) is 4.79 Å². The largest absolute Gasteiger partial charge is 0.495 e. The number of rotatable bonds is 4. The number of carbonyl (C=O) groups excluding carboxylic acids is 1. The van der Waals surface area contributed by atoms with Crippen LogP contribution >= 0.6 is 11.6 Å². The van der Waals surface area contributed by atoms with Crippen LogP contribution in [0.25, 0.3) is 0 Å². The van der Waals surface area contributed by atoms with Gasteiger partial charge in [-0.2, -0.15) is 0 Å². The standard InChI is InChI=1S/C15H22ClN3O2/c1-10-7-12(17)5-6-19(10)9-15(20)18-13-8-11(16)3-4-14(13)21-2/h3-4,8,10,12H,5-7,9,17H2,1-2H3,(H,18,20). The number of nitrogens with one attached hydrogen (secondary N) is 1. The molecular formula is C15H22ClN3O2. The predicted octanol–water partition coefficient (Wildman–Crippen LogP) is 2.10. The summed E-state index contributed by atoms with van der Waals surface area (Å²) < 4.78 is 5.22. The Balaban J connectivity index is 1.97. The highest BCUT2D eigenvalue weighted by Crippen LogP contribution is 2.27. The second-order valence-corrected chi connectivity index (χ2v) is 5.93. The third-order valence-electron chi connectivity index (χ3n) is 3.84. The second-order valence-electron chi connectivity index (χ2n) is 5.50. The fourth-order valence-electron chi connectivity index (χ4n) is 2.64. The number of halogens is 1. The molecule has 0 aromatic heterocycles. The van der Waals surface area contributed by atoms with Crippen LogP contribution in [0, 0.1) is 0 Å². The maximum absolute atomic E-state index is 12.2. The van der Waals surface area contributed by atoms with Gasteiger partial charge in [-0.25, -0.2) is 0 Å². The Morgan fingerprint density at radius 2 is 2.33 bits per heavy atom. The van der Waals surface area contributed by atoms with E-state index in [1.165, 1.54) is 0 Å². The van der Waals surface area contributed by atoms with E-state index >= 15 is 0 Å². The molecule has 1 fully saturated rings. The van der Waals surface area contributed by atoms with E-state index in [0.717, 1.165) is 19.4 Å². The highest BCUT2D eigenvalue weighted by molar-refractivity contribution is 6.31. The molecule has 1 aliphatic rings. The SMILES string of the molecule is COc1ccc(Cl)cc1NC(=O)CN1CCC(N)CC1C. The number of nitrogens with two attached hydrogens (primary N) is 1. The number of ether oxygens (including phenoxy) is 1. The number of nitrogens with zero attached hydrogens (tertiary/aromatic N) is 1. The summed E-state index contributed by atoms with van der Waals surface area (Å²) in [5.41, 5.74) is 6.53. The summed E-state index contributed by atoms with van der Waals surface area (Å²) in [7, 11) is 1.56. The molecule has 2 unspecified atom stereocenters. The minimum absolute atomic E-state index is 0.0714. The summed E-state index contributed by atoms with van der Waals surface area (Å²) in [6.45, 7) is 3.30. The number of methoxy groups -OCH3 is 1. The Labute approximate surface area is 130 Å². The van der Waals surface area contributed by atoms with Gasteiger partial charge in [0.25, 0.3) is 0 Å². The van der Waals surface area contributed by atoms with Crippen LogP contribution in [-0.2, 0) is 4.79 Å². The third kappa shape index (κ3) is 4.33. The van der Waals surface area contributed by atoms with E-state index in [4.69, 9.17) is 22.1 Å². The first kappa shape index (κ1) is 16.1. The van der Waals surface area contributed by atoms with E-state index in [1.807, 2.05) is 0 Å². The van der Waals surface area contributed by atoms with Gasteiger partial charge in [0.05, 0.1) is 19.3 Å². The summed E-state index contributed by atoms with van der Waals surface area (Å²) in [6, 6.07) is 5.71. The maximum Gasteiger partial charge on any atom is 0.238 e. The van der Waals surface area contributed by atoms with Crippen LogP contribution in [-0.4, -0.2) is 43.1 Å². The smallest absolute Gasteiger partial charge is 0.238 e. The van der Waals surface area contributed by atoms with Gasteiger partial charge in [0.1, 0.15) is 5.75 Å². The highest BCUT2D eigenvalue weighted by atomic mass is 35.5. The van der Waals surface area contributed by atoms with Gasteiger partial charge in [0.15, 0.2) is 0 Å². The van der Waals surface area contributed by atoms with Gasteiger partial charge in [0.2, 0.25) is 5.91 Å². The second kappa shape index (κ2) is 7.11. The quantitative estimate of drug-likeness (QED) is 0.893. The first-order chi connectivity index (χ1) is 9.99. The van der Waals surface area contributed by atoms with Gasteiger partial charge in [-0.1, -0.05) is 11.6 Å². The zero-order valence-corrected chi connectivity index (χ0v) is 13.2. The lowest BCUT2D eigenvalue weighted by Crippen LogP contribution is -2.48. The number of piperidine rings is 1. The van der Waals surface area contributed by atoms with E-state index in [0.29, 0.717) is 29.0 Å². The summed E-state index contributed by atoms with van der Waals surface area (Å²) in [6.07, 6.45) is 1.85. The van der Waals surface area contributed by atoms with Crippen molar-refractivity contribution < 1.29 is 9.53 Å². The van der Waals surface area contributed by atoms with E-state index in [2.05, 4.69) is 17.1 Å². The lowest BCUT2D eigenvalue weighted by atomic mass is 9.99. The minimum Gasteiger partial charge on any atom is -0.495 e. The molecule has 3 N–H and O–H groups in total. The van der Waals surface area contributed by atoms with Crippen LogP contribution in [0.2, 0.25) is 5.02 Å².